The van der Waals surface area contributed by atoms with Gasteiger partial charge in [0.15, 0.2) is 0 Å². The molecule has 1 aromatic rings. The van der Waals surface area contributed by atoms with Gasteiger partial charge in [0.2, 0.25) is 0 Å². The maximum atomic E-state index is 13.4. The highest BCUT2D eigenvalue weighted by Gasteiger charge is 2.72. The molecule has 0 bridgehead atoms. The molecular formula is C31H49N3O5. The Morgan fingerprint density at radius 3 is 2.69 bits per heavy atom. The SMILES string of the molecule is CO[C@@H]1[C@H](OC(=O)C[C@H](c2cn(C[C@H]3CCN(C)C3)cn2)C(C)C)CC[C@]2(CO2)[C@H]1[C@@]1(C)O[C@@H]1CC=C(C)C. The summed E-state index contributed by atoms with van der Waals surface area (Å²) in [5.74, 6) is 0.794. The summed E-state index contributed by atoms with van der Waals surface area (Å²) >= 11 is 0. The van der Waals surface area contributed by atoms with Crippen LogP contribution in [0.4, 0.5) is 0 Å². The van der Waals surface area contributed by atoms with Crippen LogP contribution in [0.3, 0.4) is 0 Å². The average Bonchev–Trinajstić information content (AvgIpc) is 3.66. The van der Waals surface area contributed by atoms with Crippen LogP contribution in [0.2, 0.25) is 0 Å². The van der Waals surface area contributed by atoms with E-state index in [9.17, 15) is 4.79 Å². The number of hydrogen-bond acceptors (Lipinski definition) is 7. The Kier molecular flexibility index (Phi) is 8.31. The molecule has 0 radical (unpaired) electrons. The molecule has 1 saturated carbocycles. The lowest BCUT2D eigenvalue weighted by Gasteiger charge is -2.42. The minimum atomic E-state index is -0.338. The first-order chi connectivity index (χ1) is 18.5. The lowest BCUT2D eigenvalue weighted by Crippen LogP contribution is -2.55. The normalized spacial score (nSPS) is 36.8. The Bertz CT molecular complexity index is 1040. The fourth-order valence-electron chi connectivity index (χ4n) is 7.29. The molecule has 39 heavy (non-hydrogen) atoms. The van der Waals surface area contributed by atoms with E-state index in [1.807, 2.05) is 6.33 Å². The highest BCUT2D eigenvalue weighted by molar-refractivity contribution is 5.70. The van der Waals surface area contributed by atoms with Crippen molar-refractivity contribution in [3.05, 3.63) is 29.9 Å². The van der Waals surface area contributed by atoms with Crippen molar-refractivity contribution in [2.24, 2.45) is 17.8 Å². The monoisotopic (exact) mass is 543 g/mol. The van der Waals surface area contributed by atoms with Gasteiger partial charge in [0.25, 0.3) is 0 Å². The van der Waals surface area contributed by atoms with E-state index in [1.54, 1.807) is 7.11 Å². The van der Waals surface area contributed by atoms with Gasteiger partial charge >= 0.3 is 5.97 Å². The molecule has 1 aromatic heterocycles. The molecule has 4 aliphatic rings. The van der Waals surface area contributed by atoms with Crippen LogP contribution >= 0.6 is 0 Å². The Labute approximate surface area is 234 Å². The quantitative estimate of drug-likeness (QED) is 0.229. The molecule has 3 saturated heterocycles. The average molecular weight is 544 g/mol. The van der Waals surface area contributed by atoms with E-state index in [0.29, 0.717) is 12.3 Å². The first-order valence-electron chi connectivity index (χ1n) is 14.9. The zero-order valence-corrected chi connectivity index (χ0v) is 25.0. The zero-order valence-electron chi connectivity index (χ0n) is 25.0. The number of rotatable bonds is 11. The maximum Gasteiger partial charge on any atom is 0.306 e. The van der Waals surface area contributed by atoms with Crippen LogP contribution in [0, 0.1) is 17.8 Å². The summed E-state index contributed by atoms with van der Waals surface area (Å²) in [5, 5.41) is 0. The van der Waals surface area contributed by atoms with Gasteiger partial charge in [0.05, 0.1) is 37.1 Å². The molecule has 8 heteroatoms. The third-order valence-electron chi connectivity index (χ3n) is 9.70. The van der Waals surface area contributed by atoms with E-state index in [0.717, 1.165) is 51.2 Å². The van der Waals surface area contributed by atoms with Crippen molar-refractivity contribution in [3.8, 4) is 0 Å². The molecule has 1 spiro atoms. The lowest BCUT2D eigenvalue weighted by molar-refractivity contribution is -0.172. The van der Waals surface area contributed by atoms with Gasteiger partial charge in [-0.15, -0.1) is 0 Å². The van der Waals surface area contributed by atoms with Crippen molar-refractivity contribution in [1.29, 1.82) is 0 Å². The maximum absolute atomic E-state index is 13.4. The second-order valence-electron chi connectivity index (χ2n) is 13.4. The Morgan fingerprint density at radius 2 is 2.08 bits per heavy atom. The van der Waals surface area contributed by atoms with Crippen molar-refractivity contribution in [2.75, 3.05) is 33.9 Å². The number of epoxide rings is 2. The second kappa shape index (κ2) is 11.3. The van der Waals surface area contributed by atoms with Gasteiger partial charge in [-0.05, 0) is 71.9 Å². The summed E-state index contributed by atoms with van der Waals surface area (Å²) in [4.78, 5) is 20.5. The standard InChI is InChI=1S/C31H49N3O5/c1-20(2)8-9-26-30(5,39-26)29-28(36-7)25(10-12-31(29)18-37-31)38-27(35)14-23(21(3)4)24-17-34(19-32-24)16-22-11-13-33(6)15-22/h8,17,19,21-23,25-26,28-29H,9-16,18H2,1-7H3/t22-,23-,25+,26+,28+,29+,30-,31-/m0/s1. The fraction of sp³-hybridized carbons (Fsp3) is 0.806. The van der Waals surface area contributed by atoms with Gasteiger partial charge in [-0.3, -0.25) is 4.79 Å². The number of allylic oxidation sites excluding steroid dienone is 1. The largest absolute Gasteiger partial charge is 0.460 e. The number of esters is 1. The summed E-state index contributed by atoms with van der Waals surface area (Å²) < 4.78 is 26.8. The highest BCUT2D eigenvalue weighted by atomic mass is 16.6. The molecule has 0 unspecified atom stereocenters. The molecule has 8 atom stereocenters. The minimum Gasteiger partial charge on any atom is -0.460 e. The molecule has 218 valence electrons. The number of likely N-dealkylation sites (tertiary alicyclic amines) is 1. The van der Waals surface area contributed by atoms with Crippen LogP contribution in [-0.2, 0) is 30.3 Å². The number of carbonyl (C=O) groups excluding carboxylic acids is 1. The predicted molar refractivity (Wildman–Crippen MR) is 149 cm³/mol. The summed E-state index contributed by atoms with van der Waals surface area (Å²) in [6.07, 6.45) is 9.89. The van der Waals surface area contributed by atoms with E-state index in [-0.39, 0.29) is 53.2 Å². The van der Waals surface area contributed by atoms with E-state index < -0.39 is 0 Å². The van der Waals surface area contributed by atoms with Crippen molar-refractivity contribution >= 4 is 5.97 Å². The Hall–Kier alpha value is -1.74. The molecule has 8 nitrogen and oxygen atoms in total. The molecule has 0 amide bonds. The number of hydrogen-bond donors (Lipinski definition) is 0. The number of nitrogens with zero attached hydrogens (tertiary/aromatic N) is 3. The number of methoxy groups -OCH3 is 1. The van der Waals surface area contributed by atoms with Crippen LogP contribution in [-0.4, -0.2) is 83.8 Å². The van der Waals surface area contributed by atoms with Gasteiger partial charge in [0, 0.05) is 32.3 Å². The van der Waals surface area contributed by atoms with Gasteiger partial charge in [0.1, 0.15) is 23.4 Å². The Balaban J connectivity index is 1.23. The van der Waals surface area contributed by atoms with E-state index in [2.05, 4.69) is 63.4 Å². The molecule has 1 aliphatic carbocycles. The zero-order chi connectivity index (χ0) is 27.9. The van der Waals surface area contributed by atoms with Crippen LogP contribution in [0.15, 0.2) is 24.2 Å². The molecule has 0 aromatic carbocycles. The van der Waals surface area contributed by atoms with E-state index in [4.69, 9.17) is 23.9 Å². The highest BCUT2D eigenvalue weighted by Crippen LogP contribution is 2.59. The van der Waals surface area contributed by atoms with Gasteiger partial charge < -0.3 is 28.4 Å². The summed E-state index contributed by atoms with van der Waals surface area (Å²) in [7, 11) is 3.91. The molecule has 0 N–H and O–H groups in total. The minimum absolute atomic E-state index is 0.0150. The predicted octanol–water partition coefficient (Wildman–Crippen LogP) is 4.58. The molecular weight excluding hydrogens is 494 g/mol. The molecule has 5 rings (SSSR count). The van der Waals surface area contributed by atoms with Gasteiger partial charge in [-0.2, -0.15) is 0 Å². The molecule has 4 fully saturated rings. The fourth-order valence-corrected chi connectivity index (χ4v) is 7.29. The second-order valence-corrected chi connectivity index (χ2v) is 13.4. The lowest BCUT2D eigenvalue weighted by atomic mass is 9.68. The number of ether oxygens (including phenoxy) is 4. The first kappa shape index (κ1) is 28.8. The molecule has 4 heterocycles. The number of aromatic nitrogens is 2. The van der Waals surface area contributed by atoms with Crippen LogP contribution in [0.1, 0.15) is 78.3 Å². The van der Waals surface area contributed by atoms with Gasteiger partial charge in [-0.25, -0.2) is 4.98 Å². The van der Waals surface area contributed by atoms with E-state index >= 15 is 0 Å². The van der Waals surface area contributed by atoms with Crippen molar-refractivity contribution in [3.63, 3.8) is 0 Å². The number of carbonyl (C=O) groups is 1. The third kappa shape index (κ3) is 6.14. The van der Waals surface area contributed by atoms with Crippen molar-refractivity contribution < 1.29 is 23.7 Å². The van der Waals surface area contributed by atoms with Crippen molar-refractivity contribution in [1.82, 2.24) is 14.5 Å². The van der Waals surface area contributed by atoms with E-state index in [1.165, 1.54) is 12.0 Å². The van der Waals surface area contributed by atoms with Crippen molar-refractivity contribution in [2.45, 2.75) is 109 Å². The Morgan fingerprint density at radius 1 is 1.31 bits per heavy atom. The summed E-state index contributed by atoms with van der Waals surface area (Å²) in [6.45, 7) is 14.7. The van der Waals surface area contributed by atoms with Gasteiger partial charge in [-0.1, -0.05) is 25.5 Å². The topological polar surface area (TPSA) is 81.7 Å². The third-order valence-corrected chi connectivity index (χ3v) is 9.70. The van der Waals surface area contributed by atoms with Crippen LogP contribution in [0.5, 0.6) is 0 Å². The first-order valence-corrected chi connectivity index (χ1v) is 14.9. The van der Waals surface area contributed by atoms with Crippen LogP contribution < -0.4 is 0 Å². The van der Waals surface area contributed by atoms with Crippen LogP contribution in [0.25, 0.3) is 0 Å². The summed E-state index contributed by atoms with van der Waals surface area (Å²) in [5.41, 5.74) is 1.71. The smallest absolute Gasteiger partial charge is 0.306 e. The number of imidazole rings is 1. The summed E-state index contributed by atoms with van der Waals surface area (Å²) in [6, 6.07) is 0. The molecule has 3 aliphatic heterocycles.